The molecule has 1 rings (SSSR count). The molecule has 0 unspecified atom stereocenters. The molecular formula is C15H25N. The van der Waals surface area contributed by atoms with Crippen LogP contribution in [0, 0.1) is 0 Å². The predicted octanol–water partition coefficient (Wildman–Crippen LogP) is 4.49. The molecule has 0 aromatic rings. The molecule has 0 saturated carbocycles. The molecule has 0 fully saturated rings. The molecule has 0 bridgehead atoms. The maximum Gasteiger partial charge on any atom is 0.0349 e. The fourth-order valence-electron chi connectivity index (χ4n) is 1.57. The van der Waals surface area contributed by atoms with Gasteiger partial charge in [-0.15, -0.1) is 0 Å². The number of hydrogen-bond donors (Lipinski definition) is 1. The molecule has 1 heteroatoms. The summed E-state index contributed by atoms with van der Waals surface area (Å²) in [4.78, 5) is 0. The normalized spacial score (nSPS) is 16.4. The fraction of sp³-hybridized carbons (Fsp3) is 0.467. The van der Waals surface area contributed by atoms with Gasteiger partial charge in [0.05, 0.1) is 0 Å². The summed E-state index contributed by atoms with van der Waals surface area (Å²) in [7, 11) is 0. The second-order valence-electron chi connectivity index (χ2n) is 3.56. The first-order valence-corrected chi connectivity index (χ1v) is 6.24. The minimum Gasteiger partial charge on any atom is -0.398 e. The van der Waals surface area contributed by atoms with Gasteiger partial charge >= 0.3 is 0 Å². The van der Waals surface area contributed by atoms with Gasteiger partial charge in [0.1, 0.15) is 0 Å². The molecule has 1 aliphatic carbocycles. The van der Waals surface area contributed by atoms with Crippen molar-refractivity contribution in [2.45, 2.75) is 47.0 Å². The van der Waals surface area contributed by atoms with Crippen LogP contribution in [0.1, 0.15) is 47.0 Å². The molecule has 1 aliphatic rings. The van der Waals surface area contributed by atoms with Crippen molar-refractivity contribution in [2.24, 2.45) is 5.73 Å². The zero-order valence-electron chi connectivity index (χ0n) is 11.1. The van der Waals surface area contributed by atoms with Crippen LogP contribution < -0.4 is 5.73 Å². The number of nitrogens with two attached hydrogens (primary N) is 1. The average Bonchev–Trinajstić information content (AvgIpc) is 2.32. The van der Waals surface area contributed by atoms with Crippen LogP contribution in [-0.4, -0.2) is 0 Å². The molecule has 0 amide bonds. The Morgan fingerprint density at radius 1 is 1.44 bits per heavy atom. The van der Waals surface area contributed by atoms with Gasteiger partial charge in [-0.05, 0) is 43.4 Å². The molecule has 0 radical (unpaired) electrons. The lowest BCUT2D eigenvalue weighted by molar-refractivity contribution is 0.940. The number of rotatable bonds is 3. The lowest BCUT2D eigenvalue weighted by Crippen LogP contribution is -2.04. The predicted molar refractivity (Wildman–Crippen MR) is 74.1 cm³/mol. The third kappa shape index (κ3) is 5.01. The highest BCUT2D eigenvalue weighted by atomic mass is 14.6. The van der Waals surface area contributed by atoms with E-state index in [9.17, 15) is 0 Å². The van der Waals surface area contributed by atoms with E-state index in [1.807, 2.05) is 26.0 Å². The Hall–Kier alpha value is -1.24. The summed E-state index contributed by atoms with van der Waals surface area (Å²) >= 11 is 0. The molecule has 0 aromatic heterocycles. The van der Waals surface area contributed by atoms with Gasteiger partial charge in [0.25, 0.3) is 0 Å². The molecule has 0 saturated heterocycles. The highest BCUT2D eigenvalue weighted by molar-refractivity contribution is 5.41. The van der Waals surface area contributed by atoms with Crippen molar-refractivity contribution in [3.8, 4) is 0 Å². The molecule has 0 aromatic carbocycles. The van der Waals surface area contributed by atoms with Crippen LogP contribution in [0.2, 0.25) is 0 Å². The Morgan fingerprint density at radius 2 is 2.12 bits per heavy atom. The van der Waals surface area contributed by atoms with Crippen molar-refractivity contribution in [2.75, 3.05) is 0 Å². The summed E-state index contributed by atoms with van der Waals surface area (Å²) in [5.41, 5.74) is 9.51. The molecule has 16 heavy (non-hydrogen) atoms. The van der Waals surface area contributed by atoms with Gasteiger partial charge in [0.2, 0.25) is 0 Å². The minimum atomic E-state index is 0.913. The van der Waals surface area contributed by atoms with Crippen molar-refractivity contribution in [1.82, 2.24) is 0 Å². The van der Waals surface area contributed by atoms with Crippen LogP contribution in [0.25, 0.3) is 0 Å². The van der Waals surface area contributed by atoms with Gasteiger partial charge in [0.15, 0.2) is 0 Å². The van der Waals surface area contributed by atoms with E-state index in [4.69, 9.17) is 5.73 Å². The van der Waals surface area contributed by atoms with E-state index >= 15 is 0 Å². The van der Waals surface area contributed by atoms with E-state index in [1.165, 1.54) is 11.1 Å². The second-order valence-corrected chi connectivity index (χ2v) is 3.56. The fourth-order valence-corrected chi connectivity index (χ4v) is 1.57. The molecule has 1 nitrogen and oxygen atoms in total. The van der Waals surface area contributed by atoms with Crippen LogP contribution in [0.5, 0.6) is 0 Å². The van der Waals surface area contributed by atoms with Crippen molar-refractivity contribution in [1.29, 1.82) is 0 Å². The lowest BCUT2D eigenvalue weighted by Gasteiger charge is -2.12. The zero-order valence-corrected chi connectivity index (χ0v) is 11.1. The van der Waals surface area contributed by atoms with E-state index in [1.54, 1.807) is 0 Å². The Labute approximate surface area is 100 Å². The van der Waals surface area contributed by atoms with Crippen molar-refractivity contribution >= 4 is 0 Å². The summed E-state index contributed by atoms with van der Waals surface area (Å²) in [5.74, 6) is 0. The van der Waals surface area contributed by atoms with Gasteiger partial charge in [0, 0.05) is 5.70 Å². The summed E-state index contributed by atoms with van der Waals surface area (Å²) in [6.07, 6.45) is 13.7. The molecular weight excluding hydrogens is 194 g/mol. The molecule has 2 N–H and O–H groups in total. The molecule has 0 heterocycles. The zero-order chi connectivity index (χ0) is 12.4. The van der Waals surface area contributed by atoms with Gasteiger partial charge in [-0.1, -0.05) is 45.1 Å². The topological polar surface area (TPSA) is 26.0 Å². The van der Waals surface area contributed by atoms with E-state index in [0.717, 1.165) is 25.0 Å². The molecule has 0 atom stereocenters. The van der Waals surface area contributed by atoms with E-state index in [-0.39, 0.29) is 0 Å². The van der Waals surface area contributed by atoms with E-state index in [0.29, 0.717) is 0 Å². The Morgan fingerprint density at radius 3 is 2.69 bits per heavy atom. The monoisotopic (exact) mass is 219 g/mol. The number of hydrogen-bond acceptors (Lipinski definition) is 1. The highest BCUT2D eigenvalue weighted by Crippen LogP contribution is 2.22. The first kappa shape index (κ1) is 14.8. The summed E-state index contributed by atoms with van der Waals surface area (Å²) in [6.45, 7) is 8.24. The van der Waals surface area contributed by atoms with Crippen molar-refractivity contribution < 1.29 is 0 Å². The Kier molecular flexibility index (Phi) is 8.32. The average molecular weight is 219 g/mol. The highest BCUT2D eigenvalue weighted by Gasteiger charge is 2.06. The van der Waals surface area contributed by atoms with Gasteiger partial charge < -0.3 is 5.73 Å². The van der Waals surface area contributed by atoms with Gasteiger partial charge in [-0.3, -0.25) is 0 Å². The molecule has 0 spiro atoms. The van der Waals surface area contributed by atoms with E-state index in [2.05, 4.69) is 32.1 Å². The first-order chi connectivity index (χ1) is 7.75. The third-order valence-electron chi connectivity index (χ3n) is 2.40. The lowest BCUT2D eigenvalue weighted by atomic mass is 9.96. The SMILES string of the molecule is CC.CC/C=C\C=C(/N)C1=C(C)C=CCC1. The standard InChI is InChI=1S/C13H19N.C2H6/c1-3-4-5-10-13(14)12-9-7-6-8-11(12)2;1-2/h4-6,8,10H,3,7,9,14H2,1-2H3;1-2H3/b5-4-,13-10-;. The quantitative estimate of drug-likeness (QED) is 0.695. The molecule has 0 aliphatic heterocycles. The van der Waals surface area contributed by atoms with E-state index < -0.39 is 0 Å². The summed E-state index contributed by atoms with van der Waals surface area (Å²) in [6, 6.07) is 0. The maximum atomic E-state index is 6.00. The van der Waals surface area contributed by atoms with Gasteiger partial charge in [-0.2, -0.15) is 0 Å². The summed E-state index contributed by atoms with van der Waals surface area (Å²) < 4.78 is 0. The maximum absolute atomic E-state index is 6.00. The van der Waals surface area contributed by atoms with Gasteiger partial charge in [-0.25, -0.2) is 0 Å². The Bertz CT molecular complexity index is 303. The summed E-state index contributed by atoms with van der Waals surface area (Å²) in [5, 5.41) is 0. The number of allylic oxidation sites excluding steroid dienone is 7. The van der Waals surface area contributed by atoms with Crippen LogP contribution in [0.3, 0.4) is 0 Å². The molecule has 90 valence electrons. The third-order valence-corrected chi connectivity index (χ3v) is 2.40. The first-order valence-electron chi connectivity index (χ1n) is 6.24. The van der Waals surface area contributed by atoms with Crippen LogP contribution in [0.4, 0.5) is 0 Å². The van der Waals surface area contributed by atoms with Crippen LogP contribution in [-0.2, 0) is 0 Å². The van der Waals surface area contributed by atoms with Crippen LogP contribution >= 0.6 is 0 Å². The second kappa shape index (κ2) is 9.02. The minimum absolute atomic E-state index is 0.913. The van der Waals surface area contributed by atoms with Crippen molar-refractivity contribution in [3.05, 3.63) is 47.2 Å². The van der Waals surface area contributed by atoms with Crippen LogP contribution in [0.15, 0.2) is 47.2 Å². The Balaban J connectivity index is 0.00000106. The van der Waals surface area contributed by atoms with Crippen molar-refractivity contribution in [3.63, 3.8) is 0 Å². The largest absolute Gasteiger partial charge is 0.398 e. The smallest absolute Gasteiger partial charge is 0.0349 e.